The second-order valence-corrected chi connectivity index (χ2v) is 4.24. The van der Waals surface area contributed by atoms with Gasteiger partial charge in [-0.15, -0.1) is 0 Å². The molecule has 0 bridgehead atoms. The van der Waals surface area contributed by atoms with E-state index in [4.69, 9.17) is 19.7 Å². The first-order valence-corrected chi connectivity index (χ1v) is 5.54. The molecule has 1 aliphatic rings. The predicted molar refractivity (Wildman–Crippen MR) is 56.6 cm³/mol. The van der Waals surface area contributed by atoms with E-state index < -0.39 is 49.4 Å². The quantitative estimate of drug-likeness (QED) is 0.373. The number of hydrogen-bond donors (Lipinski definition) is 5. The molecule has 1 rings (SSSR count). The lowest BCUT2D eigenvalue weighted by atomic mass is 9.99. The number of rotatable bonds is 5. The number of aliphatic hydroxyl groups excluding tert-OH is 4. The first-order valence-electron chi connectivity index (χ1n) is 5.54. The van der Waals surface area contributed by atoms with Gasteiger partial charge in [-0.3, -0.25) is 4.79 Å². The summed E-state index contributed by atoms with van der Waals surface area (Å²) in [5.74, 6) is -1.08. The minimum atomic E-state index is -1.53. The van der Waals surface area contributed by atoms with Crippen LogP contribution in [0.3, 0.4) is 0 Å². The molecule has 8 heteroatoms. The highest BCUT2D eigenvalue weighted by atomic mass is 16.7. The number of aliphatic carboxylic acids is 1. The zero-order valence-corrected chi connectivity index (χ0v) is 9.84. The number of carboxylic acid groups (broad SMARTS) is 1. The van der Waals surface area contributed by atoms with Crippen molar-refractivity contribution in [1.29, 1.82) is 0 Å². The van der Waals surface area contributed by atoms with Crippen molar-refractivity contribution in [1.82, 2.24) is 0 Å². The van der Waals surface area contributed by atoms with E-state index in [1.807, 2.05) is 0 Å². The molecule has 18 heavy (non-hydrogen) atoms. The van der Waals surface area contributed by atoms with Gasteiger partial charge in [0.1, 0.15) is 24.4 Å². The minimum absolute atomic E-state index is 0.297. The van der Waals surface area contributed by atoms with Crippen LogP contribution in [-0.4, -0.2) is 74.9 Å². The molecule has 0 spiro atoms. The van der Waals surface area contributed by atoms with Crippen molar-refractivity contribution in [3.8, 4) is 0 Å². The Morgan fingerprint density at radius 1 is 1.28 bits per heavy atom. The third kappa shape index (κ3) is 3.61. The van der Waals surface area contributed by atoms with Crippen molar-refractivity contribution in [2.45, 2.75) is 50.2 Å². The van der Waals surface area contributed by atoms with E-state index >= 15 is 0 Å². The molecule has 0 aromatic heterocycles. The standard InChI is InChI=1S/C10H18O8/c1-4(2-6(12)13)17-10-9(16)8(15)7(14)5(3-11)18-10/h4-5,7-11,14-16H,2-3H2,1H3,(H,12,13)/t4?,5?,7-,8?,9?,10+/m1/s1. The molecule has 0 aromatic carbocycles. The zero-order valence-electron chi connectivity index (χ0n) is 9.84. The van der Waals surface area contributed by atoms with Crippen LogP contribution in [0.2, 0.25) is 0 Å². The van der Waals surface area contributed by atoms with Crippen molar-refractivity contribution in [2.24, 2.45) is 0 Å². The summed E-state index contributed by atoms with van der Waals surface area (Å²) in [6.07, 6.45) is -7.91. The lowest BCUT2D eigenvalue weighted by Crippen LogP contribution is -2.59. The van der Waals surface area contributed by atoms with Gasteiger partial charge in [-0.25, -0.2) is 0 Å². The minimum Gasteiger partial charge on any atom is -0.481 e. The molecule has 8 nitrogen and oxygen atoms in total. The highest BCUT2D eigenvalue weighted by Crippen LogP contribution is 2.23. The third-order valence-electron chi connectivity index (χ3n) is 2.68. The highest BCUT2D eigenvalue weighted by Gasteiger charge is 2.44. The first kappa shape index (κ1) is 15.3. The Labute approximate surface area is 103 Å². The molecule has 1 heterocycles. The van der Waals surface area contributed by atoms with Crippen LogP contribution in [0, 0.1) is 0 Å². The molecule has 106 valence electrons. The fraction of sp³-hybridized carbons (Fsp3) is 0.900. The van der Waals surface area contributed by atoms with E-state index in [0.717, 1.165) is 0 Å². The maximum atomic E-state index is 10.5. The molecule has 0 saturated carbocycles. The van der Waals surface area contributed by atoms with Crippen molar-refractivity contribution >= 4 is 5.97 Å². The van der Waals surface area contributed by atoms with Gasteiger partial charge in [-0.2, -0.15) is 0 Å². The molecule has 0 aliphatic carbocycles. The Morgan fingerprint density at radius 3 is 2.39 bits per heavy atom. The summed E-state index contributed by atoms with van der Waals surface area (Å²) >= 11 is 0. The first-order chi connectivity index (χ1) is 8.36. The Kier molecular flexibility index (Phi) is 5.45. The van der Waals surface area contributed by atoms with Crippen LogP contribution in [0.25, 0.3) is 0 Å². The average Bonchev–Trinajstić information content (AvgIpc) is 2.29. The Morgan fingerprint density at radius 2 is 1.89 bits per heavy atom. The topological polar surface area (TPSA) is 137 Å². The molecular formula is C10H18O8. The van der Waals surface area contributed by atoms with Crippen LogP contribution in [0.1, 0.15) is 13.3 Å². The maximum Gasteiger partial charge on any atom is 0.305 e. The largest absolute Gasteiger partial charge is 0.481 e. The monoisotopic (exact) mass is 266 g/mol. The van der Waals surface area contributed by atoms with Crippen LogP contribution in [0.15, 0.2) is 0 Å². The van der Waals surface area contributed by atoms with Crippen molar-refractivity contribution in [3.63, 3.8) is 0 Å². The smallest absolute Gasteiger partial charge is 0.305 e. The fourth-order valence-corrected chi connectivity index (χ4v) is 1.70. The normalized spacial score (nSPS) is 38.4. The Balaban J connectivity index is 2.61. The number of aliphatic hydroxyl groups is 4. The average molecular weight is 266 g/mol. The van der Waals surface area contributed by atoms with Crippen molar-refractivity contribution < 1.29 is 39.8 Å². The summed E-state index contributed by atoms with van der Waals surface area (Å²) in [5.41, 5.74) is 0. The van der Waals surface area contributed by atoms with E-state index in [-0.39, 0.29) is 6.42 Å². The SMILES string of the molecule is CC(CC(=O)O)O[C@H]1OC(CO)[C@@H](O)C(O)C1O. The molecule has 6 atom stereocenters. The van der Waals surface area contributed by atoms with Crippen LogP contribution < -0.4 is 0 Å². The Hall–Kier alpha value is -0.770. The van der Waals surface area contributed by atoms with Gasteiger partial charge in [0.05, 0.1) is 19.1 Å². The second kappa shape index (κ2) is 6.41. The lowest BCUT2D eigenvalue weighted by Gasteiger charge is -2.40. The summed E-state index contributed by atoms with van der Waals surface area (Å²) in [5, 5.41) is 46.1. The molecule has 0 aromatic rings. The fourth-order valence-electron chi connectivity index (χ4n) is 1.70. The third-order valence-corrected chi connectivity index (χ3v) is 2.68. The molecule has 4 unspecified atom stereocenters. The molecule has 5 N–H and O–H groups in total. The van der Waals surface area contributed by atoms with E-state index in [1.54, 1.807) is 0 Å². The van der Waals surface area contributed by atoms with Gasteiger partial charge in [-0.05, 0) is 6.92 Å². The second-order valence-electron chi connectivity index (χ2n) is 4.24. The van der Waals surface area contributed by atoms with Crippen LogP contribution >= 0.6 is 0 Å². The summed E-state index contributed by atoms with van der Waals surface area (Å²) in [7, 11) is 0. The van der Waals surface area contributed by atoms with Crippen molar-refractivity contribution in [3.05, 3.63) is 0 Å². The van der Waals surface area contributed by atoms with Gasteiger partial charge < -0.3 is 35.0 Å². The van der Waals surface area contributed by atoms with Gasteiger partial charge in [0.2, 0.25) is 0 Å². The summed E-state index contributed by atoms with van der Waals surface area (Å²) in [6.45, 7) is 0.910. The van der Waals surface area contributed by atoms with E-state index in [9.17, 15) is 20.1 Å². The van der Waals surface area contributed by atoms with Gasteiger partial charge in [-0.1, -0.05) is 0 Å². The highest BCUT2D eigenvalue weighted by molar-refractivity contribution is 5.67. The van der Waals surface area contributed by atoms with E-state index in [1.165, 1.54) is 6.92 Å². The van der Waals surface area contributed by atoms with Gasteiger partial charge in [0.15, 0.2) is 6.29 Å². The number of carboxylic acids is 1. The molecule has 1 fully saturated rings. The molecular weight excluding hydrogens is 248 g/mol. The molecule has 0 radical (unpaired) electrons. The molecule has 1 saturated heterocycles. The Bertz CT molecular complexity index is 281. The van der Waals surface area contributed by atoms with Crippen LogP contribution in [-0.2, 0) is 14.3 Å². The summed E-state index contributed by atoms with van der Waals surface area (Å²) in [4.78, 5) is 10.5. The van der Waals surface area contributed by atoms with E-state index in [2.05, 4.69) is 0 Å². The lowest BCUT2D eigenvalue weighted by molar-refractivity contribution is -0.310. The molecule has 1 aliphatic heterocycles. The summed E-state index contributed by atoms with van der Waals surface area (Å²) < 4.78 is 10.2. The molecule has 0 amide bonds. The maximum absolute atomic E-state index is 10.5. The van der Waals surface area contributed by atoms with Gasteiger partial charge in [0, 0.05) is 0 Å². The van der Waals surface area contributed by atoms with Crippen LogP contribution in [0.5, 0.6) is 0 Å². The number of ether oxygens (including phenoxy) is 2. The van der Waals surface area contributed by atoms with Crippen LogP contribution in [0.4, 0.5) is 0 Å². The zero-order chi connectivity index (χ0) is 13.9. The number of carbonyl (C=O) groups is 1. The predicted octanol–water partition coefficient (Wildman–Crippen LogP) is -2.33. The van der Waals surface area contributed by atoms with Gasteiger partial charge >= 0.3 is 5.97 Å². The van der Waals surface area contributed by atoms with Crippen molar-refractivity contribution in [2.75, 3.05) is 6.61 Å². The summed E-state index contributed by atoms with van der Waals surface area (Å²) in [6, 6.07) is 0. The van der Waals surface area contributed by atoms with E-state index in [0.29, 0.717) is 0 Å². The number of hydrogen-bond acceptors (Lipinski definition) is 7. The van der Waals surface area contributed by atoms with Gasteiger partial charge in [0.25, 0.3) is 0 Å².